The number of allylic oxidation sites excluding steroid dienone is 1. The van der Waals surface area contributed by atoms with E-state index in [1.54, 1.807) is 19.1 Å². The normalized spacial score (nSPS) is 25.9. The van der Waals surface area contributed by atoms with E-state index in [1.165, 1.54) is 41.8 Å². The van der Waals surface area contributed by atoms with Crippen LogP contribution in [0.25, 0.3) is 0 Å². The molecule has 3 heterocycles. The Hall–Kier alpha value is -2.18. The van der Waals surface area contributed by atoms with E-state index in [0.717, 1.165) is 0 Å². The zero-order valence-electron chi connectivity index (χ0n) is 20.2. The van der Waals surface area contributed by atoms with Gasteiger partial charge in [0.1, 0.15) is 33.4 Å². The van der Waals surface area contributed by atoms with E-state index in [-0.39, 0.29) is 35.8 Å². The van der Waals surface area contributed by atoms with Gasteiger partial charge in [0.2, 0.25) is 11.8 Å². The van der Waals surface area contributed by atoms with Gasteiger partial charge in [-0.3, -0.25) is 19.4 Å². The summed E-state index contributed by atoms with van der Waals surface area (Å²) in [5.41, 5.74) is -0.354. The van der Waals surface area contributed by atoms with Crippen LogP contribution in [0.4, 0.5) is 0 Å². The smallest absolute Gasteiger partial charge is 0.329 e. The van der Waals surface area contributed by atoms with Crippen LogP contribution in [0.3, 0.4) is 0 Å². The Balaban J connectivity index is 1.84. The minimum absolute atomic E-state index is 0.0283. The van der Waals surface area contributed by atoms with Crippen molar-refractivity contribution in [3.63, 3.8) is 0 Å². The second kappa shape index (κ2) is 12.2. The van der Waals surface area contributed by atoms with E-state index < -0.39 is 23.7 Å². The number of rotatable bonds is 5. The SMILES string of the molecule is CC(=O)SCC/C=C/C1CC(=O)NCc2nc(cs2)C2=N[C@@](C)(CS2)C(=O)N[C@@H](C(C)C)C(=O)O1. The molecule has 0 aliphatic carbocycles. The van der Waals surface area contributed by atoms with Crippen LogP contribution in [0, 0.1) is 5.92 Å². The summed E-state index contributed by atoms with van der Waals surface area (Å²) in [6.07, 6.45) is 3.16. The lowest BCUT2D eigenvalue weighted by Gasteiger charge is -2.27. The average molecular weight is 539 g/mol. The van der Waals surface area contributed by atoms with Gasteiger partial charge in [0.05, 0.1) is 13.0 Å². The minimum atomic E-state index is -1.03. The molecular formula is C23H30N4O5S3. The van der Waals surface area contributed by atoms with Crippen molar-refractivity contribution >= 4 is 62.8 Å². The molecule has 3 rings (SSSR count). The molecule has 1 unspecified atom stereocenters. The Kier molecular flexibility index (Phi) is 9.54. The van der Waals surface area contributed by atoms with Crippen LogP contribution in [0.15, 0.2) is 22.5 Å². The van der Waals surface area contributed by atoms with Crippen LogP contribution < -0.4 is 10.6 Å². The van der Waals surface area contributed by atoms with Crippen LogP contribution in [-0.4, -0.2) is 62.1 Å². The number of nitrogens with zero attached hydrogens (tertiary/aromatic N) is 2. The number of ether oxygens (including phenoxy) is 1. The molecule has 0 radical (unpaired) electrons. The van der Waals surface area contributed by atoms with Gasteiger partial charge in [-0.15, -0.1) is 23.1 Å². The predicted molar refractivity (Wildman–Crippen MR) is 140 cm³/mol. The van der Waals surface area contributed by atoms with Crippen molar-refractivity contribution in [2.45, 2.75) is 64.8 Å². The van der Waals surface area contributed by atoms with Crippen LogP contribution in [-0.2, 0) is 30.5 Å². The van der Waals surface area contributed by atoms with E-state index in [9.17, 15) is 19.2 Å². The van der Waals surface area contributed by atoms with Crippen molar-refractivity contribution in [2.75, 3.05) is 11.5 Å². The van der Waals surface area contributed by atoms with Crippen molar-refractivity contribution in [3.05, 3.63) is 28.2 Å². The molecule has 9 nitrogen and oxygen atoms in total. The summed E-state index contributed by atoms with van der Waals surface area (Å²) in [4.78, 5) is 59.2. The first-order chi connectivity index (χ1) is 16.6. The van der Waals surface area contributed by atoms with Crippen LogP contribution in [0.5, 0.6) is 0 Å². The lowest BCUT2D eigenvalue weighted by atomic mass is 10.0. The molecule has 0 saturated carbocycles. The van der Waals surface area contributed by atoms with E-state index in [4.69, 9.17) is 4.74 Å². The molecule has 0 spiro atoms. The summed E-state index contributed by atoms with van der Waals surface area (Å²) < 4.78 is 5.68. The molecule has 3 atom stereocenters. The number of fused-ring (bicyclic) bond motifs is 4. The first-order valence-electron chi connectivity index (χ1n) is 11.3. The fraction of sp³-hybridized carbons (Fsp3) is 0.565. The highest BCUT2D eigenvalue weighted by Crippen LogP contribution is 2.32. The summed E-state index contributed by atoms with van der Waals surface area (Å²) >= 11 is 4.05. The maximum absolute atomic E-state index is 13.2. The maximum atomic E-state index is 13.2. The Morgan fingerprint density at radius 1 is 1.37 bits per heavy atom. The second-order valence-electron chi connectivity index (χ2n) is 8.81. The molecule has 4 bridgehead atoms. The number of carbonyl (C=O) groups excluding carboxylic acids is 4. The predicted octanol–water partition coefficient (Wildman–Crippen LogP) is 2.69. The number of aliphatic imine (C=N–C) groups is 1. The van der Waals surface area contributed by atoms with Crippen LogP contribution in [0.1, 0.15) is 51.2 Å². The largest absolute Gasteiger partial charge is 0.456 e. The van der Waals surface area contributed by atoms with Gasteiger partial charge in [-0.25, -0.2) is 9.78 Å². The highest BCUT2D eigenvalue weighted by atomic mass is 32.2. The van der Waals surface area contributed by atoms with Gasteiger partial charge in [0.15, 0.2) is 5.12 Å². The third kappa shape index (κ3) is 7.65. The number of cyclic esters (lactones) is 1. The molecule has 0 aromatic carbocycles. The van der Waals surface area contributed by atoms with Gasteiger partial charge in [0.25, 0.3) is 0 Å². The summed E-state index contributed by atoms with van der Waals surface area (Å²) in [5.74, 6) is -0.472. The van der Waals surface area contributed by atoms with E-state index in [0.29, 0.717) is 33.7 Å². The highest BCUT2D eigenvalue weighted by molar-refractivity contribution is 8.14. The molecule has 2 aliphatic heterocycles. The molecule has 2 N–H and O–H groups in total. The quantitative estimate of drug-likeness (QED) is 0.333. The van der Waals surface area contributed by atoms with Crippen LogP contribution >= 0.6 is 34.9 Å². The molecule has 1 aromatic rings. The Bertz CT molecular complexity index is 1040. The first kappa shape index (κ1) is 27.4. The Labute approximate surface area is 217 Å². The number of carbonyl (C=O) groups is 4. The molecule has 2 aliphatic rings. The van der Waals surface area contributed by atoms with Gasteiger partial charge >= 0.3 is 5.97 Å². The van der Waals surface area contributed by atoms with Gasteiger partial charge in [0, 0.05) is 23.8 Å². The fourth-order valence-electron chi connectivity index (χ4n) is 3.35. The van der Waals surface area contributed by atoms with E-state index in [2.05, 4.69) is 20.6 Å². The minimum Gasteiger partial charge on any atom is -0.456 e. The monoisotopic (exact) mass is 538 g/mol. The van der Waals surface area contributed by atoms with E-state index >= 15 is 0 Å². The number of thiazole rings is 1. The molecule has 35 heavy (non-hydrogen) atoms. The van der Waals surface area contributed by atoms with Gasteiger partial charge in [-0.2, -0.15) is 0 Å². The number of hydrogen-bond acceptors (Lipinski definition) is 10. The van der Waals surface area contributed by atoms with E-state index in [1.807, 2.05) is 19.2 Å². The maximum Gasteiger partial charge on any atom is 0.329 e. The molecular weight excluding hydrogens is 508 g/mol. The summed E-state index contributed by atoms with van der Waals surface area (Å²) in [7, 11) is 0. The first-order valence-corrected chi connectivity index (χ1v) is 14.2. The molecule has 0 saturated heterocycles. The second-order valence-corrected chi connectivity index (χ2v) is 12.0. The number of esters is 1. The molecule has 0 fully saturated rings. The summed E-state index contributed by atoms with van der Waals surface area (Å²) in [6.45, 7) is 7.13. The van der Waals surface area contributed by atoms with Crippen molar-refractivity contribution in [1.82, 2.24) is 15.6 Å². The van der Waals surface area contributed by atoms with Crippen LogP contribution in [0.2, 0.25) is 0 Å². The standard InChI is InChI=1S/C23H30N4O5S3/c1-13(2)19-21(30)32-15(7-5-6-8-33-14(3)28)9-17(29)24-10-18-25-16(11-34-18)20-27-23(4,12-35-20)22(31)26-19/h5,7,11,13,15,19H,6,8-10,12H2,1-4H3,(H,24,29)(H,26,31)/b7-5+/t15?,19-,23-/m0/s1. The fourth-order valence-corrected chi connectivity index (χ4v) is 5.82. The number of nitrogens with one attached hydrogen (secondary N) is 2. The summed E-state index contributed by atoms with van der Waals surface area (Å²) in [6, 6.07) is -0.894. The van der Waals surface area contributed by atoms with Gasteiger partial charge in [-0.05, 0) is 25.3 Å². The lowest BCUT2D eigenvalue weighted by Crippen LogP contribution is -2.53. The zero-order valence-corrected chi connectivity index (χ0v) is 22.6. The third-order valence-electron chi connectivity index (χ3n) is 5.34. The number of thioether (sulfide) groups is 2. The number of hydrogen-bond donors (Lipinski definition) is 2. The van der Waals surface area contributed by atoms with Crippen molar-refractivity contribution in [1.29, 1.82) is 0 Å². The van der Waals surface area contributed by atoms with Gasteiger partial charge < -0.3 is 15.4 Å². The summed E-state index contributed by atoms with van der Waals surface area (Å²) in [5, 5.41) is 8.93. The van der Waals surface area contributed by atoms with Gasteiger partial charge in [-0.1, -0.05) is 31.7 Å². The zero-order chi connectivity index (χ0) is 25.6. The van der Waals surface area contributed by atoms with Crippen molar-refractivity contribution in [2.24, 2.45) is 10.9 Å². The molecule has 2 amide bonds. The van der Waals surface area contributed by atoms with Crippen molar-refractivity contribution in [3.8, 4) is 0 Å². The third-order valence-corrected chi connectivity index (χ3v) is 8.31. The Morgan fingerprint density at radius 2 is 2.14 bits per heavy atom. The highest BCUT2D eigenvalue weighted by Gasteiger charge is 2.41. The average Bonchev–Trinajstić information content (AvgIpc) is 3.42. The number of aromatic nitrogens is 1. The van der Waals surface area contributed by atoms with Crippen molar-refractivity contribution < 1.29 is 23.9 Å². The molecule has 12 heteroatoms. The Morgan fingerprint density at radius 3 is 2.86 bits per heavy atom. The molecule has 1 aromatic heterocycles. The topological polar surface area (TPSA) is 127 Å². The number of amides is 2. The molecule has 190 valence electrons. The lowest BCUT2D eigenvalue weighted by molar-refractivity contribution is -0.153.